The summed E-state index contributed by atoms with van der Waals surface area (Å²) in [5.74, 6) is -0.341. The van der Waals surface area contributed by atoms with E-state index in [9.17, 15) is 26.7 Å². The molecule has 2 aliphatic carbocycles. The Morgan fingerprint density at radius 2 is 1.94 bits per heavy atom. The highest BCUT2D eigenvalue weighted by Crippen LogP contribution is 2.55. The number of aliphatic hydroxyl groups is 1. The molecule has 2 N–H and O–H groups in total. The predicted octanol–water partition coefficient (Wildman–Crippen LogP) is 2.47. The molecule has 2 fully saturated rings. The first-order valence-electron chi connectivity index (χ1n) is 11.5. The molecule has 184 valence electrons. The fourth-order valence-corrected chi connectivity index (χ4v) is 8.13. The molecule has 0 aromatic heterocycles. The lowest BCUT2D eigenvalue weighted by Gasteiger charge is -2.44. The summed E-state index contributed by atoms with van der Waals surface area (Å²) in [7, 11) is -7.58. The monoisotopic (exact) mass is 507 g/mol. The van der Waals surface area contributed by atoms with Crippen LogP contribution in [0.15, 0.2) is 38.8 Å². The lowest BCUT2D eigenvalue weighted by atomic mass is 9.77. The van der Waals surface area contributed by atoms with Crippen LogP contribution in [0.25, 0.3) is 0 Å². The van der Waals surface area contributed by atoms with Gasteiger partial charge in [0, 0.05) is 24.8 Å². The van der Waals surface area contributed by atoms with E-state index in [1.54, 1.807) is 0 Å². The highest BCUT2D eigenvalue weighted by atomic mass is 32.2. The highest BCUT2D eigenvalue weighted by molar-refractivity contribution is 7.90. The zero-order chi connectivity index (χ0) is 24.6. The number of sulfonamides is 1. The largest absolute Gasteiger partial charge is 0.511 e. The molecule has 9 nitrogen and oxygen atoms in total. The molecule has 0 saturated heterocycles. The van der Waals surface area contributed by atoms with Gasteiger partial charge in [-0.1, -0.05) is 19.9 Å². The zero-order valence-corrected chi connectivity index (χ0v) is 21.0. The van der Waals surface area contributed by atoms with E-state index in [0.717, 1.165) is 25.5 Å². The molecule has 2 saturated carbocycles. The molecule has 0 spiro atoms. The van der Waals surface area contributed by atoms with E-state index in [-0.39, 0.29) is 57.3 Å². The number of sulfone groups is 1. The second-order valence-electron chi connectivity index (χ2n) is 10.4. The number of benzene rings is 1. The van der Waals surface area contributed by atoms with E-state index in [2.05, 4.69) is 9.71 Å². The third-order valence-corrected chi connectivity index (χ3v) is 9.47. The lowest BCUT2D eigenvalue weighted by Crippen LogP contribution is -2.55. The van der Waals surface area contributed by atoms with E-state index in [0.29, 0.717) is 18.0 Å². The Bertz CT molecular complexity index is 1350. The van der Waals surface area contributed by atoms with Crippen LogP contribution in [0.5, 0.6) is 0 Å². The smallest absolute Gasteiger partial charge is 0.286 e. The SMILES string of the molecule is CC(C)CN1C(=O)C(C2=NS(=O)(=O)c3cc(CS(C)(=O)=O)ccc3N2)=C(O)C2C1[C@H]1CC[C@@H]2C1. The van der Waals surface area contributed by atoms with Gasteiger partial charge in [-0.05, 0) is 54.7 Å². The summed E-state index contributed by atoms with van der Waals surface area (Å²) in [4.78, 5) is 15.3. The van der Waals surface area contributed by atoms with Gasteiger partial charge >= 0.3 is 0 Å². The Hall–Kier alpha value is -2.40. The van der Waals surface area contributed by atoms with Crippen molar-refractivity contribution in [2.75, 3.05) is 18.1 Å². The fraction of sp³-hybridized carbons (Fsp3) is 0.565. The number of rotatable bonds is 5. The van der Waals surface area contributed by atoms with Crippen LogP contribution in [0.4, 0.5) is 5.69 Å². The van der Waals surface area contributed by atoms with Crippen LogP contribution in [-0.4, -0.2) is 57.4 Å². The molecule has 5 rings (SSSR count). The number of carbonyl (C=O) groups excluding carboxylic acids is 1. The molecular weight excluding hydrogens is 478 g/mol. The summed E-state index contributed by atoms with van der Waals surface area (Å²) >= 11 is 0. The van der Waals surface area contributed by atoms with Crippen molar-refractivity contribution in [1.29, 1.82) is 0 Å². The number of hydrogen-bond acceptors (Lipinski definition) is 7. The molecule has 4 atom stereocenters. The van der Waals surface area contributed by atoms with Crippen molar-refractivity contribution >= 4 is 37.3 Å². The summed E-state index contributed by atoms with van der Waals surface area (Å²) in [5, 5.41) is 14.2. The minimum absolute atomic E-state index is 0.0657. The van der Waals surface area contributed by atoms with Gasteiger partial charge < -0.3 is 15.3 Å². The molecule has 1 aromatic rings. The van der Waals surface area contributed by atoms with Crippen molar-refractivity contribution in [2.45, 2.75) is 49.8 Å². The number of nitrogens with one attached hydrogen (secondary N) is 1. The van der Waals surface area contributed by atoms with Crippen LogP contribution in [0.2, 0.25) is 0 Å². The number of hydrogen-bond donors (Lipinski definition) is 2. The van der Waals surface area contributed by atoms with Crippen LogP contribution < -0.4 is 5.32 Å². The topological polar surface area (TPSA) is 133 Å². The van der Waals surface area contributed by atoms with Crippen molar-refractivity contribution in [1.82, 2.24) is 4.90 Å². The van der Waals surface area contributed by atoms with Crippen molar-refractivity contribution in [2.24, 2.45) is 28.1 Å². The lowest BCUT2D eigenvalue weighted by molar-refractivity contribution is -0.134. The van der Waals surface area contributed by atoms with Gasteiger partial charge in [0.1, 0.15) is 16.2 Å². The first-order valence-corrected chi connectivity index (χ1v) is 15.0. The summed E-state index contributed by atoms with van der Waals surface area (Å²) in [6, 6.07) is 4.22. The second-order valence-corrected chi connectivity index (χ2v) is 14.1. The Balaban J connectivity index is 1.57. The second kappa shape index (κ2) is 7.81. The van der Waals surface area contributed by atoms with Gasteiger partial charge in [0.05, 0.1) is 11.4 Å². The maximum atomic E-state index is 13.6. The van der Waals surface area contributed by atoms with Gasteiger partial charge in [0.25, 0.3) is 15.9 Å². The number of nitrogens with zero attached hydrogens (tertiary/aromatic N) is 2. The number of amides is 1. The molecule has 2 bridgehead atoms. The molecular formula is C23H29N3O6S2. The van der Waals surface area contributed by atoms with Gasteiger partial charge in [0.2, 0.25) is 0 Å². The summed E-state index contributed by atoms with van der Waals surface area (Å²) in [5.41, 5.74) is 0.443. The van der Waals surface area contributed by atoms with E-state index in [4.69, 9.17) is 0 Å². The number of carbonyl (C=O) groups is 1. The molecule has 4 aliphatic rings. The minimum atomic E-state index is -4.22. The summed E-state index contributed by atoms with van der Waals surface area (Å²) in [6.45, 7) is 4.57. The van der Waals surface area contributed by atoms with Crippen LogP contribution in [0.3, 0.4) is 0 Å². The average Bonchev–Trinajstić information content (AvgIpc) is 3.32. The van der Waals surface area contributed by atoms with Crippen molar-refractivity contribution in [3.05, 3.63) is 35.1 Å². The standard InChI is InChI=1S/C23H29N3O6S2/c1-12(2)10-26-20-15-6-5-14(9-15)18(20)21(27)19(23(26)28)22-24-16-7-4-13(11-33(3,29)30)8-17(16)34(31,32)25-22/h4,7-8,12,14-15,18,20,27H,5-6,9-11H2,1-3H3,(H,24,25)/t14-,15+,18?,20?/m1/s1. The van der Waals surface area contributed by atoms with Crippen LogP contribution >= 0.6 is 0 Å². The maximum Gasteiger partial charge on any atom is 0.286 e. The summed E-state index contributed by atoms with van der Waals surface area (Å²) in [6.07, 6.45) is 4.05. The number of fused-ring (bicyclic) bond motifs is 6. The normalized spacial score (nSPS) is 29.7. The quantitative estimate of drug-likeness (QED) is 0.625. The Kier molecular flexibility index (Phi) is 5.36. The van der Waals surface area contributed by atoms with Crippen LogP contribution in [0.1, 0.15) is 38.7 Å². The zero-order valence-electron chi connectivity index (χ0n) is 19.4. The first-order chi connectivity index (χ1) is 15.9. The Morgan fingerprint density at radius 1 is 1.24 bits per heavy atom. The van der Waals surface area contributed by atoms with Gasteiger partial charge in [-0.2, -0.15) is 8.42 Å². The predicted molar refractivity (Wildman–Crippen MR) is 128 cm³/mol. The summed E-state index contributed by atoms with van der Waals surface area (Å²) < 4.78 is 53.3. The van der Waals surface area contributed by atoms with E-state index in [1.807, 2.05) is 18.7 Å². The van der Waals surface area contributed by atoms with Crippen molar-refractivity contribution in [3.8, 4) is 0 Å². The minimum Gasteiger partial charge on any atom is -0.511 e. The van der Waals surface area contributed by atoms with Crippen molar-refractivity contribution < 1.29 is 26.7 Å². The molecule has 34 heavy (non-hydrogen) atoms. The highest BCUT2D eigenvalue weighted by Gasteiger charge is 2.57. The maximum absolute atomic E-state index is 13.6. The number of anilines is 1. The van der Waals surface area contributed by atoms with Crippen molar-refractivity contribution in [3.63, 3.8) is 0 Å². The average molecular weight is 508 g/mol. The third kappa shape index (κ3) is 3.82. The van der Waals surface area contributed by atoms with Gasteiger partial charge in [-0.15, -0.1) is 4.40 Å². The van der Waals surface area contributed by atoms with Gasteiger partial charge in [-0.3, -0.25) is 4.79 Å². The number of amidine groups is 1. The Morgan fingerprint density at radius 3 is 2.62 bits per heavy atom. The molecule has 11 heteroatoms. The van der Waals surface area contributed by atoms with E-state index < -0.39 is 25.8 Å². The van der Waals surface area contributed by atoms with Gasteiger partial charge in [-0.25, -0.2) is 8.42 Å². The third-order valence-electron chi connectivity index (χ3n) is 7.30. The molecule has 1 amide bonds. The number of aliphatic hydroxyl groups excluding tert-OH is 1. The Labute approximate surface area is 199 Å². The molecule has 2 heterocycles. The molecule has 2 unspecified atom stereocenters. The van der Waals surface area contributed by atoms with E-state index in [1.165, 1.54) is 18.2 Å². The van der Waals surface area contributed by atoms with Crippen LogP contribution in [-0.2, 0) is 30.4 Å². The fourth-order valence-electron chi connectivity index (χ4n) is 6.17. The molecule has 1 aromatic carbocycles. The van der Waals surface area contributed by atoms with E-state index >= 15 is 0 Å². The van der Waals surface area contributed by atoms with Gasteiger partial charge in [0.15, 0.2) is 15.7 Å². The van der Waals surface area contributed by atoms with Crippen LogP contribution in [0, 0.1) is 23.7 Å². The molecule has 2 aliphatic heterocycles. The first kappa shape index (κ1) is 23.3. The molecule has 0 radical (unpaired) electrons.